The van der Waals surface area contributed by atoms with Crippen molar-refractivity contribution >= 4 is 11.4 Å². The van der Waals surface area contributed by atoms with Gasteiger partial charge in [-0.3, -0.25) is 4.98 Å². The molecule has 3 heteroatoms. The zero-order valence-corrected chi connectivity index (χ0v) is 11.1. The van der Waals surface area contributed by atoms with E-state index in [1.807, 2.05) is 13.1 Å². The fourth-order valence-corrected chi connectivity index (χ4v) is 3.15. The molecule has 0 unspecified atom stereocenters. The molecule has 0 radical (unpaired) electrons. The highest BCUT2D eigenvalue weighted by Gasteiger charge is 2.29. The molecule has 1 N–H and O–H groups in total. The molecule has 1 aromatic heterocycles. The smallest absolute Gasteiger partial charge is 0.0603 e. The Morgan fingerprint density at radius 2 is 2.11 bits per heavy atom. The van der Waals surface area contributed by atoms with Crippen LogP contribution in [0.4, 0.5) is 11.4 Å². The van der Waals surface area contributed by atoms with Crippen molar-refractivity contribution < 1.29 is 0 Å². The number of hydrogen-bond donors (Lipinski definition) is 1. The molecular formula is C16H17N3. The van der Waals surface area contributed by atoms with Crippen LogP contribution in [-0.4, -0.2) is 24.1 Å². The van der Waals surface area contributed by atoms with Crippen molar-refractivity contribution in [2.45, 2.75) is 19.4 Å². The molecule has 4 rings (SSSR count). The van der Waals surface area contributed by atoms with Crippen molar-refractivity contribution in [3.8, 4) is 11.1 Å². The Morgan fingerprint density at radius 1 is 1.21 bits per heavy atom. The van der Waals surface area contributed by atoms with Gasteiger partial charge in [-0.2, -0.15) is 0 Å². The van der Waals surface area contributed by atoms with Crippen molar-refractivity contribution in [2.75, 3.05) is 23.3 Å². The normalized spacial score (nSPS) is 20.1. The Morgan fingerprint density at radius 3 is 3.00 bits per heavy atom. The van der Waals surface area contributed by atoms with E-state index in [0.717, 1.165) is 12.2 Å². The van der Waals surface area contributed by atoms with Gasteiger partial charge in [0.2, 0.25) is 0 Å². The number of fused-ring (bicyclic) bond motifs is 4. The molecule has 2 aromatic rings. The van der Waals surface area contributed by atoms with Gasteiger partial charge in [0.05, 0.1) is 11.4 Å². The van der Waals surface area contributed by atoms with Gasteiger partial charge in [-0.1, -0.05) is 6.07 Å². The summed E-state index contributed by atoms with van der Waals surface area (Å²) in [4.78, 5) is 6.75. The average Bonchev–Trinajstić information content (AvgIpc) is 2.81. The molecule has 2 bridgehead atoms. The average molecular weight is 251 g/mol. The molecule has 19 heavy (non-hydrogen) atoms. The number of nitrogens with one attached hydrogen (secondary N) is 1. The van der Waals surface area contributed by atoms with Crippen LogP contribution < -0.4 is 10.2 Å². The molecule has 1 saturated heterocycles. The summed E-state index contributed by atoms with van der Waals surface area (Å²) in [5.74, 6) is 0. The van der Waals surface area contributed by atoms with E-state index in [1.165, 1.54) is 35.5 Å². The van der Waals surface area contributed by atoms with Gasteiger partial charge in [-0.25, -0.2) is 0 Å². The van der Waals surface area contributed by atoms with Crippen molar-refractivity contribution in [2.24, 2.45) is 0 Å². The summed E-state index contributed by atoms with van der Waals surface area (Å²) in [6.07, 6.45) is 3.13. The molecule has 0 aliphatic carbocycles. The number of benzene rings is 1. The fourth-order valence-electron chi connectivity index (χ4n) is 3.15. The summed E-state index contributed by atoms with van der Waals surface area (Å²) in [6, 6.07) is 11.6. The van der Waals surface area contributed by atoms with Gasteiger partial charge < -0.3 is 10.2 Å². The van der Waals surface area contributed by atoms with Gasteiger partial charge in [0.15, 0.2) is 0 Å². The van der Waals surface area contributed by atoms with Crippen LogP contribution in [0.5, 0.6) is 0 Å². The van der Waals surface area contributed by atoms with Crippen LogP contribution in [0.25, 0.3) is 11.1 Å². The molecule has 2 aliphatic heterocycles. The third-order valence-corrected chi connectivity index (χ3v) is 4.12. The van der Waals surface area contributed by atoms with Crippen LogP contribution in [0.1, 0.15) is 12.1 Å². The first-order valence-corrected chi connectivity index (χ1v) is 6.88. The van der Waals surface area contributed by atoms with E-state index in [0.29, 0.717) is 6.04 Å². The number of rotatable bonds is 1. The largest absolute Gasteiger partial charge is 0.379 e. The quantitative estimate of drug-likeness (QED) is 0.844. The molecule has 0 saturated carbocycles. The first-order chi connectivity index (χ1) is 9.29. The molecule has 1 atom stereocenters. The van der Waals surface area contributed by atoms with Crippen LogP contribution in [-0.2, 0) is 0 Å². The minimum absolute atomic E-state index is 0.627. The number of anilines is 2. The molecule has 2 aliphatic rings. The van der Waals surface area contributed by atoms with Crippen LogP contribution >= 0.6 is 0 Å². The topological polar surface area (TPSA) is 28.2 Å². The van der Waals surface area contributed by atoms with Gasteiger partial charge in [-0.05, 0) is 48.7 Å². The SMILES string of the molecule is Cc1cc(-c2ccc3c(c2)N[C@H]2CCN3C2)ccn1. The molecule has 0 amide bonds. The monoisotopic (exact) mass is 251 g/mol. The summed E-state index contributed by atoms with van der Waals surface area (Å²) in [7, 11) is 0. The highest BCUT2D eigenvalue weighted by Crippen LogP contribution is 2.38. The molecule has 1 aromatic carbocycles. The van der Waals surface area contributed by atoms with E-state index < -0.39 is 0 Å². The molecule has 0 spiro atoms. The Bertz CT molecular complexity index is 636. The second kappa shape index (κ2) is 3.98. The lowest BCUT2D eigenvalue weighted by atomic mass is 10.0. The van der Waals surface area contributed by atoms with Crippen LogP contribution in [0, 0.1) is 6.92 Å². The number of hydrogen-bond acceptors (Lipinski definition) is 3. The van der Waals surface area contributed by atoms with Gasteiger partial charge in [0, 0.05) is 31.0 Å². The second-order valence-corrected chi connectivity index (χ2v) is 5.49. The Kier molecular flexibility index (Phi) is 2.28. The first-order valence-electron chi connectivity index (χ1n) is 6.88. The van der Waals surface area contributed by atoms with Crippen molar-refractivity contribution in [1.82, 2.24) is 4.98 Å². The zero-order valence-electron chi connectivity index (χ0n) is 11.1. The molecular weight excluding hydrogens is 234 g/mol. The van der Waals surface area contributed by atoms with Gasteiger partial charge in [0.25, 0.3) is 0 Å². The lowest BCUT2D eigenvalue weighted by Crippen LogP contribution is -2.31. The predicted molar refractivity (Wildman–Crippen MR) is 78.7 cm³/mol. The molecule has 3 nitrogen and oxygen atoms in total. The highest BCUT2D eigenvalue weighted by atomic mass is 15.2. The van der Waals surface area contributed by atoms with Crippen LogP contribution in [0.2, 0.25) is 0 Å². The highest BCUT2D eigenvalue weighted by molar-refractivity contribution is 5.80. The van der Waals surface area contributed by atoms with Gasteiger partial charge in [-0.15, -0.1) is 0 Å². The Balaban J connectivity index is 1.78. The molecule has 96 valence electrons. The number of aryl methyl sites for hydroxylation is 1. The first kappa shape index (κ1) is 10.9. The molecule has 3 heterocycles. The lowest BCUT2D eigenvalue weighted by Gasteiger charge is -2.29. The standard InChI is InChI=1S/C16H17N3/c1-11-8-13(4-6-17-11)12-2-3-16-15(9-12)18-14-5-7-19(16)10-14/h2-4,6,8-9,14,18H,5,7,10H2,1H3/t14-/m0/s1. The Hall–Kier alpha value is -2.03. The maximum atomic E-state index is 4.26. The lowest BCUT2D eigenvalue weighted by molar-refractivity contribution is 0.796. The predicted octanol–water partition coefficient (Wildman–Crippen LogP) is 3.06. The van der Waals surface area contributed by atoms with E-state index in [4.69, 9.17) is 0 Å². The number of aromatic nitrogens is 1. The summed E-state index contributed by atoms with van der Waals surface area (Å²) < 4.78 is 0. The van der Waals surface area contributed by atoms with Gasteiger partial charge >= 0.3 is 0 Å². The summed E-state index contributed by atoms with van der Waals surface area (Å²) in [6.45, 7) is 4.37. The summed E-state index contributed by atoms with van der Waals surface area (Å²) in [5, 5.41) is 3.66. The summed E-state index contributed by atoms with van der Waals surface area (Å²) >= 11 is 0. The van der Waals surface area contributed by atoms with Crippen molar-refractivity contribution in [3.05, 3.63) is 42.2 Å². The summed E-state index contributed by atoms with van der Waals surface area (Å²) in [5.41, 5.74) is 6.19. The van der Waals surface area contributed by atoms with Crippen LogP contribution in [0.3, 0.4) is 0 Å². The fraction of sp³-hybridized carbons (Fsp3) is 0.312. The van der Waals surface area contributed by atoms with E-state index in [2.05, 4.69) is 45.5 Å². The van der Waals surface area contributed by atoms with Crippen molar-refractivity contribution in [3.63, 3.8) is 0 Å². The van der Waals surface area contributed by atoms with Crippen LogP contribution in [0.15, 0.2) is 36.5 Å². The third-order valence-electron chi connectivity index (χ3n) is 4.12. The van der Waals surface area contributed by atoms with E-state index >= 15 is 0 Å². The minimum Gasteiger partial charge on any atom is -0.379 e. The maximum Gasteiger partial charge on any atom is 0.0603 e. The second-order valence-electron chi connectivity index (χ2n) is 5.49. The third kappa shape index (κ3) is 1.77. The minimum atomic E-state index is 0.627. The van der Waals surface area contributed by atoms with Crippen molar-refractivity contribution in [1.29, 1.82) is 0 Å². The van der Waals surface area contributed by atoms with E-state index in [9.17, 15) is 0 Å². The Labute approximate surface area is 113 Å². The molecule has 1 fully saturated rings. The number of pyridine rings is 1. The number of nitrogens with zero attached hydrogens (tertiary/aromatic N) is 2. The maximum absolute atomic E-state index is 4.26. The van der Waals surface area contributed by atoms with E-state index in [-0.39, 0.29) is 0 Å². The van der Waals surface area contributed by atoms with E-state index in [1.54, 1.807) is 0 Å². The van der Waals surface area contributed by atoms with Gasteiger partial charge in [0.1, 0.15) is 0 Å². The zero-order chi connectivity index (χ0) is 12.8.